The summed E-state index contributed by atoms with van der Waals surface area (Å²) >= 11 is 2.07. The van der Waals surface area contributed by atoms with Crippen LogP contribution in [0.5, 0.6) is 0 Å². The van der Waals surface area contributed by atoms with E-state index in [4.69, 9.17) is 5.73 Å². The number of rotatable bonds is 4. The summed E-state index contributed by atoms with van der Waals surface area (Å²) in [6.45, 7) is 5.48. The monoisotopic (exact) mass is 202 g/mol. The number of hydrogen-bond acceptors (Lipinski definition) is 3. The van der Waals surface area contributed by atoms with Gasteiger partial charge in [-0.2, -0.15) is 11.8 Å². The number of nitrogens with zero attached hydrogens (tertiary/aromatic N) is 1. The predicted octanol–water partition coefficient (Wildman–Crippen LogP) is 1.41. The Morgan fingerprint density at radius 1 is 1.54 bits per heavy atom. The highest BCUT2D eigenvalue weighted by Crippen LogP contribution is 2.22. The lowest BCUT2D eigenvalue weighted by Crippen LogP contribution is -2.39. The van der Waals surface area contributed by atoms with Crippen LogP contribution in [0.1, 0.15) is 20.3 Å². The Morgan fingerprint density at radius 3 is 2.69 bits per heavy atom. The van der Waals surface area contributed by atoms with Gasteiger partial charge >= 0.3 is 0 Å². The summed E-state index contributed by atoms with van der Waals surface area (Å²) in [4.78, 5) is 2.48. The summed E-state index contributed by atoms with van der Waals surface area (Å²) in [6.07, 6.45) is 1.35. The molecule has 0 bridgehead atoms. The minimum absolute atomic E-state index is 0.316. The van der Waals surface area contributed by atoms with Crippen LogP contribution in [0, 0.1) is 5.92 Å². The van der Waals surface area contributed by atoms with Crippen molar-refractivity contribution < 1.29 is 0 Å². The third kappa shape index (κ3) is 3.49. The maximum Gasteiger partial charge on any atom is 0.0191 e. The molecule has 0 spiro atoms. The van der Waals surface area contributed by atoms with Crippen LogP contribution in [-0.4, -0.2) is 42.1 Å². The molecule has 0 aromatic carbocycles. The van der Waals surface area contributed by atoms with E-state index in [1.54, 1.807) is 0 Å². The molecule has 1 aliphatic rings. The molecule has 1 saturated heterocycles. The highest BCUT2D eigenvalue weighted by atomic mass is 32.2. The number of nitrogens with two attached hydrogens (primary N) is 1. The summed E-state index contributed by atoms with van der Waals surface area (Å²) < 4.78 is 0. The second-order valence-electron chi connectivity index (χ2n) is 4.29. The van der Waals surface area contributed by atoms with E-state index in [1.165, 1.54) is 17.9 Å². The summed E-state index contributed by atoms with van der Waals surface area (Å²) in [6, 6.07) is 1.11. The molecular weight excluding hydrogens is 180 g/mol. The van der Waals surface area contributed by atoms with Gasteiger partial charge in [0.15, 0.2) is 0 Å². The molecule has 0 aromatic rings. The molecule has 1 heterocycles. The highest BCUT2D eigenvalue weighted by Gasteiger charge is 2.21. The van der Waals surface area contributed by atoms with E-state index in [1.807, 2.05) is 0 Å². The van der Waals surface area contributed by atoms with E-state index in [9.17, 15) is 0 Å². The van der Waals surface area contributed by atoms with E-state index in [2.05, 4.69) is 37.6 Å². The van der Waals surface area contributed by atoms with Crippen molar-refractivity contribution in [3.8, 4) is 0 Å². The van der Waals surface area contributed by atoms with Crippen molar-refractivity contribution in [3.05, 3.63) is 0 Å². The summed E-state index contributed by atoms with van der Waals surface area (Å²) in [7, 11) is 2.23. The van der Waals surface area contributed by atoms with Crippen molar-refractivity contribution in [2.75, 3.05) is 25.1 Å². The lowest BCUT2D eigenvalue weighted by atomic mass is 10.0. The van der Waals surface area contributed by atoms with Crippen LogP contribution in [0.15, 0.2) is 0 Å². The van der Waals surface area contributed by atoms with Crippen LogP contribution in [0.2, 0.25) is 0 Å². The Morgan fingerprint density at radius 2 is 2.23 bits per heavy atom. The molecule has 2 nitrogen and oxygen atoms in total. The Hall–Kier alpha value is 0.270. The van der Waals surface area contributed by atoms with Gasteiger partial charge in [-0.3, -0.25) is 0 Å². The summed E-state index contributed by atoms with van der Waals surface area (Å²) in [5, 5.41) is 0. The molecule has 0 amide bonds. The van der Waals surface area contributed by atoms with E-state index < -0.39 is 0 Å². The zero-order valence-electron chi connectivity index (χ0n) is 8.99. The van der Waals surface area contributed by atoms with Crippen LogP contribution < -0.4 is 5.73 Å². The van der Waals surface area contributed by atoms with Crippen molar-refractivity contribution in [1.82, 2.24) is 4.90 Å². The fraction of sp³-hybridized carbons (Fsp3) is 1.00. The zero-order valence-corrected chi connectivity index (χ0v) is 9.81. The smallest absolute Gasteiger partial charge is 0.0191 e. The van der Waals surface area contributed by atoms with Crippen LogP contribution in [0.4, 0.5) is 0 Å². The standard InChI is InChI=1S/C10H22N2S/c1-8(9(2)11)6-12(3)10-4-5-13-7-10/h8-10H,4-7,11H2,1-3H3. The third-order valence-corrected chi connectivity index (χ3v) is 4.15. The van der Waals surface area contributed by atoms with Gasteiger partial charge in [-0.25, -0.2) is 0 Å². The zero-order chi connectivity index (χ0) is 9.84. The fourth-order valence-electron chi connectivity index (χ4n) is 1.64. The largest absolute Gasteiger partial charge is 0.328 e. The van der Waals surface area contributed by atoms with Crippen LogP contribution in [0.3, 0.4) is 0 Å². The highest BCUT2D eigenvalue weighted by molar-refractivity contribution is 7.99. The van der Waals surface area contributed by atoms with E-state index in [0.29, 0.717) is 12.0 Å². The minimum atomic E-state index is 0.316. The van der Waals surface area contributed by atoms with Crippen molar-refractivity contribution in [2.45, 2.75) is 32.4 Å². The Labute approximate surface area is 86.2 Å². The molecular formula is C10H22N2S. The first-order chi connectivity index (χ1) is 6.11. The minimum Gasteiger partial charge on any atom is -0.328 e. The van der Waals surface area contributed by atoms with Gasteiger partial charge in [0.25, 0.3) is 0 Å². The molecule has 0 saturated carbocycles. The lowest BCUT2D eigenvalue weighted by molar-refractivity contribution is 0.217. The molecule has 3 unspecified atom stereocenters. The summed E-state index contributed by atoms with van der Waals surface area (Å²) in [5.74, 6) is 3.25. The first-order valence-electron chi connectivity index (χ1n) is 5.15. The van der Waals surface area contributed by atoms with Gasteiger partial charge in [0.1, 0.15) is 0 Å². The van der Waals surface area contributed by atoms with E-state index in [-0.39, 0.29) is 0 Å². The SMILES string of the molecule is CC(N)C(C)CN(C)C1CCSC1. The molecule has 1 aliphatic heterocycles. The van der Waals surface area contributed by atoms with Gasteiger partial charge in [-0.1, -0.05) is 6.92 Å². The van der Waals surface area contributed by atoms with E-state index in [0.717, 1.165) is 12.6 Å². The molecule has 3 heteroatoms. The fourth-order valence-corrected chi connectivity index (χ4v) is 2.94. The normalized spacial score (nSPS) is 27.9. The number of hydrogen-bond donors (Lipinski definition) is 1. The summed E-state index contributed by atoms with van der Waals surface area (Å²) in [5.41, 5.74) is 5.85. The Bertz CT molecular complexity index is 144. The first kappa shape index (κ1) is 11.3. The maximum absolute atomic E-state index is 5.85. The van der Waals surface area contributed by atoms with Crippen molar-refractivity contribution in [2.24, 2.45) is 11.7 Å². The average molecular weight is 202 g/mol. The van der Waals surface area contributed by atoms with Gasteiger partial charge in [-0.15, -0.1) is 0 Å². The van der Waals surface area contributed by atoms with Gasteiger partial charge < -0.3 is 10.6 Å². The molecule has 1 rings (SSSR count). The van der Waals surface area contributed by atoms with E-state index >= 15 is 0 Å². The van der Waals surface area contributed by atoms with Gasteiger partial charge in [0, 0.05) is 24.4 Å². The number of thioether (sulfide) groups is 1. The van der Waals surface area contributed by atoms with Gasteiger partial charge in [-0.05, 0) is 32.1 Å². The van der Waals surface area contributed by atoms with Gasteiger partial charge in [0.05, 0.1) is 0 Å². The first-order valence-corrected chi connectivity index (χ1v) is 6.30. The van der Waals surface area contributed by atoms with Crippen molar-refractivity contribution >= 4 is 11.8 Å². The van der Waals surface area contributed by atoms with Crippen LogP contribution >= 0.6 is 11.8 Å². The molecule has 78 valence electrons. The Balaban J connectivity index is 2.26. The van der Waals surface area contributed by atoms with Crippen LogP contribution in [0.25, 0.3) is 0 Å². The maximum atomic E-state index is 5.85. The quantitative estimate of drug-likeness (QED) is 0.747. The molecule has 0 radical (unpaired) electrons. The third-order valence-electron chi connectivity index (χ3n) is 3.00. The average Bonchev–Trinajstić information content (AvgIpc) is 2.55. The van der Waals surface area contributed by atoms with Crippen LogP contribution in [-0.2, 0) is 0 Å². The molecule has 0 aliphatic carbocycles. The molecule has 13 heavy (non-hydrogen) atoms. The second kappa shape index (κ2) is 5.23. The molecule has 3 atom stereocenters. The van der Waals surface area contributed by atoms with Crippen molar-refractivity contribution in [1.29, 1.82) is 0 Å². The second-order valence-corrected chi connectivity index (χ2v) is 5.44. The van der Waals surface area contributed by atoms with Gasteiger partial charge in [0.2, 0.25) is 0 Å². The predicted molar refractivity (Wildman–Crippen MR) is 61.2 cm³/mol. The Kier molecular flexibility index (Phi) is 4.56. The molecule has 0 aromatic heterocycles. The topological polar surface area (TPSA) is 29.3 Å². The lowest BCUT2D eigenvalue weighted by Gasteiger charge is -2.28. The molecule has 1 fully saturated rings. The van der Waals surface area contributed by atoms with Crippen molar-refractivity contribution in [3.63, 3.8) is 0 Å². The molecule has 2 N–H and O–H groups in total.